The van der Waals surface area contributed by atoms with Crippen LogP contribution >= 0.6 is 0 Å². The number of hydrogen-bond acceptors (Lipinski definition) is 5. The van der Waals surface area contributed by atoms with Crippen molar-refractivity contribution in [3.05, 3.63) is 23.8 Å². The quantitative estimate of drug-likeness (QED) is 0.796. The second kappa shape index (κ2) is 5.27. The Morgan fingerprint density at radius 3 is 2.50 bits per heavy atom. The van der Waals surface area contributed by atoms with Crippen molar-refractivity contribution in [3.8, 4) is 11.5 Å². The average molecular weight is 253 g/mol. The van der Waals surface area contributed by atoms with Crippen molar-refractivity contribution in [1.29, 1.82) is 0 Å². The van der Waals surface area contributed by atoms with Crippen LogP contribution in [0.5, 0.6) is 11.5 Å². The molecule has 5 nitrogen and oxygen atoms in total. The first kappa shape index (κ1) is 14.3. The molecule has 3 N–H and O–H groups in total. The second-order valence-corrected chi connectivity index (χ2v) is 4.59. The summed E-state index contributed by atoms with van der Waals surface area (Å²) in [5, 5.41) is 10.0. The first-order valence-electron chi connectivity index (χ1n) is 5.56. The van der Waals surface area contributed by atoms with Gasteiger partial charge in [0, 0.05) is 11.6 Å². The molecule has 1 rings (SSSR count). The number of hydrogen-bond donors (Lipinski definition) is 2. The summed E-state index contributed by atoms with van der Waals surface area (Å²) in [6.45, 7) is 3.34. The number of aromatic hydroxyl groups is 1. The molecule has 1 aromatic carbocycles. The van der Waals surface area contributed by atoms with Crippen LogP contribution in [-0.4, -0.2) is 25.3 Å². The van der Waals surface area contributed by atoms with Crippen molar-refractivity contribution < 1.29 is 19.4 Å². The van der Waals surface area contributed by atoms with Gasteiger partial charge in [-0.2, -0.15) is 0 Å². The van der Waals surface area contributed by atoms with Crippen LogP contribution in [0.2, 0.25) is 0 Å². The molecule has 0 saturated carbocycles. The van der Waals surface area contributed by atoms with Gasteiger partial charge < -0.3 is 20.3 Å². The maximum atomic E-state index is 11.7. The van der Waals surface area contributed by atoms with Gasteiger partial charge in [-0.1, -0.05) is 12.1 Å². The highest BCUT2D eigenvalue weighted by Crippen LogP contribution is 2.40. The highest BCUT2D eigenvalue weighted by Gasteiger charge is 2.38. The summed E-state index contributed by atoms with van der Waals surface area (Å²) in [5.41, 5.74) is 5.56. The molecular weight excluding hydrogens is 234 g/mol. The maximum absolute atomic E-state index is 11.7. The summed E-state index contributed by atoms with van der Waals surface area (Å²) in [4.78, 5) is 11.7. The summed E-state index contributed by atoms with van der Waals surface area (Å²) in [6.07, 6.45) is 0. The predicted octanol–water partition coefficient (Wildman–Crippen LogP) is 1.60. The molecule has 0 aromatic heterocycles. The van der Waals surface area contributed by atoms with Gasteiger partial charge in [-0.3, -0.25) is 4.79 Å². The van der Waals surface area contributed by atoms with E-state index in [1.165, 1.54) is 14.2 Å². The number of esters is 1. The first-order valence-corrected chi connectivity index (χ1v) is 5.56. The Morgan fingerprint density at radius 2 is 2.00 bits per heavy atom. The summed E-state index contributed by atoms with van der Waals surface area (Å²) in [5.74, 6) is -0.162. The Morgan fingerprint density at radius 1 is 1.39 bits per heavy atom. The lowest BCUT2D eigenvalue weighted by molar-refractivity contribution is -0.152. The Balaban J connectivity index is 3.18. The van der Waals surface area contributed by atoms with Crippen molar-refractivity contribution in [2.75, 3.05) is 14.2 Å². The van der Waals surface area contributed by atoms with E-state index in [1.807, 2.05) is 0 Å². The third kappa shape index (κ3) is 2.41. The van der Waals surface area contributed by atoms with E-state index in [2.05, 4.69) is 0 Å². The van der Waals surface area contributed by atoms with Crippen LogP contribution in [0.3, 0.4) is 0 Å². The largest absolute Gasteiger partial charge is 0.504 e. The monoisotopic (exact) mass is 253 g/mol. The number of phenolic OH excluding ortho intramolecular Hbond substituents is 1. The first-order chi connectivity index (χ1) is 8.36. The number of ether oxygens (including phenoxy) is 2. The fourth-order valence-electron chi connectivity index (χ4n) is 1.73. The Bertz CT molecular complexity index is 443. The molecule has 0 aliphatic carbocycles. The highest BCUT2D eigenvalue weighted by atomic mass is 16.5. The van der Waals surface area contributed by atoms with Gasteiger partial charge in [0.25, 0.3) is 0 Å². The molecule has 0 spiro atoms. The smallest absolute Gasteiger partial charge is 0.313 e. The summed E-state index contributed by atoms with van der Waals surface area (Å²) in [7, 11) is 2.76. The van der Waals surface area contributed by atoms with Crippen molar-refractivity contribution in [2.45, 2.75) is 19.9 Å². The third-order valence-electron chi connectivity index (χ3n) is 3.07. The lowest BCUT2D eigenvalue weighted by Gasteiger charge is -2.29. The van der Waals surface area contributed by atoms with E-state index in [4.69, 9.17) is 15.2 Å². The van der Waals surface area contributed by atoms with Gasteiger partial charge in [-0.25, -0.2) is 0 Å². The van der Waals surface area contributed by atoms with E-state index in [-0.39, 0.29) is 5.75 Å². The van der Waals surface area contributed by atoms with Crippen LogP contribution in [-0.2, 0) is 9.53 Å². The lowest BCUT2D eigenvalue weighted by atomic mass is 9.80. The van der Waals surface area contributed by atoms with Crippen molar-refractivity contribution in [3.63, 3.8) is 0 Å². The number of rotatable bonds is 4. The third-order valence-corrected chi connectivity index (χ3v) is 3.07. The number of para-hydroxylation sites is 1. The summed E-state index contributed by atoms with van der Waals surface area (Å²) in [6, 6.07) is 4.30. The molecule has 18 heavy (non-hydrogen) atoms. The maximum Gasteiger partial charge on any atom is 0.313 e. The van der Waals surface area contributed by atoms with Gasteiger partial charge in [0.2, 0.25) is 0 Å². The SMILES string of the molecule is COC(=O)C(C)(C)[C@@H](N)c1cccc(OC)c1O. The number of phenols is 1. The van der Waals surface area contributed by atoms with E-state index in [0.29, 0.717) is 11.3 Å². The van der Waals surface area contributed by atoms with Crippen LogP contribution in [0, 0.1) is 5.41 Å². The number of benzene rings is 1. The van der Waals surface area contributed by atoms with E-state index >= 15 is 0 Å². The Kier molecular flexibility index (Phi) is 4.19. The van der Waals surface area contributed by atoms with Crippen molar-refractivity contribution in [2.24, 2.45) is 11.1 Å². The molecule has 0 radical (unpaired) electrons. The Hall–Kier alpha value is -1.75. The molecular formula is C13H19NO4. The summed E-state index contributed by atoms with van der Waals surface area (Å²) >= 11 is 0. The molecule has 0 amide bonds. The zero-order chi connectivity index (χ0) is 13.9. The van der Waals surface area contributed by atoms with Crippen LogP contribution in [0.25, 0.3) is 0 Å². The fourth-order valence-corrected chi connectivity index (χ4v) is 1.73. The Labute approximate surface area is 107 Å². The second-order valence-electron chi connectivity index (χ2n) is 4.59. The highest BCUT2D eigenvalue weighted by molar-refractivity contribution is 5.77. The van der Waals surface area contributed by atoms with Gasteiger partial charge in [-0.15, -0.1) is 0 Å². The van der Waals surface area contributed by atoms with Gasteiger partial charge in [0.05, 0.1) is 19.6 Å². The molecule has 1 aromatic rings. The average Bonchev–Trinajstić information content (AvgIpc) is 2.37. The van der Waals surface area contributed by atoms with E-state index in [1.54, 1.807) is 32.0 Å². The van der Waals surface area contributed by atoms with Gasteiger partial charge in [-0.05, 0) is 19.9 Å². The van der Waals surface area contributed by atoms with E-state index in [9.17, 15) is 9.90 Å². The van der Waals surface area contributed by atoms with Crippen LogP contribution < -0.4 is 10.5 Å². The molecule has 0 aliphatic heterocycles. The topological polar surface area (TPSA) is 81.8 Å². The summed E-state index contributed by atoms with van der Waals surface area (Å²) < 4.78 is 9.74. The van der Waals surface area contributed by atoms with E-state index in [0.717, 1.165) is 0 Å². The normalized spacial score (nSPS) is 12.9. The molecule has 0 fully saturated rings. The lowest BCUT2D eigenvalue weighted by Crippen LogP contribution is -2.37. The zero-order valence-corrected chi connectivity index (χ0v) is 11.1. The van der Waals surface area contributed by atoms with Crippen LogP contribution in [0.15, 0.2) is 18.2 Å². The molecule has 0 heterocycles. The van der Waals surface area contributed by atoms with Gasteiger partial charge in [0.1, 0.15) is 0 Å². The van der Waals surface area contributed by atoms with Crippen molar-refractivity contribution >= 4 is 5.97 Å². The van der Waals surface area contributed by atoms with Gasteiger partial charge in [0.15, 0.2) is 11.5 Å². The molecule has 100 valence electrons. The number of carbonyl (C=O) groups excluding carboxylic acids is 1. The zero-order valence-electron chi connectivity index (χ0n) is 11.1. The van der Waals surface area contributed by atoms with Crippen LogP contribution in [0.1, 0.15) is 25.5 Å². The molecule has 5 heteroatoms. The van der Waals surface area contributed by atoms with E-state index < -0.39 is 17.4 Å². The standard InChI is InChI=1S/C13H19NO4/c1-13(2,12(16)18-4)11(14)8-6-5-7-9(17-3)10(8)15/h5-7,11,15H,14H2,1-4H3/t11-/m0/s1. The number of nitrogens with two attached hydrogens (primary N) is 1. The number of carbonyl (C=O) groups is 1. The molecule has 1 atom stereocenters. The molecule has 0 unspecified atom stereocenters. The minimum absolute atomic E-state index is 0.0514. The minimum Gasteiger partial charge on any atom is -0.504 e. The van der Waals surface area contributed by atoms with Crippen LogP contribution in [0.4, 0.5) is 0 Å². The molecule has 0 bridgehead atoms. The fraction of sp³-hybridized carbons (Fsp3) is 0.462. The molecule has 0 saturated heterocycles. The van der Waals surface area contributed by atoms with Crippen molar-refractivity contribution in [1.82, 2.24) is 0 Å². The minimum atomic E-state index is -0.946. The molecule has 0 aliphatic rings. The van der Waals surface area contributed by atoms with Gasteiger partial charge >= 0.3 is 5.97 Å². The number of methoxy groups -OCH3 is 2. The predicted molar refractivity (Wildman–Crippen MR) is 67.4 cm³/mol.